The summed E-state index contributed by atoms with van der Waals surface area (Å²) in [6.45, 7) is -0.0959. The third-order valence-corrected chi connectivity index (χ3v) is 12.4. The van der Waals surface area contributed by atoms with E-state index in [4.69, 9.17) is 9.88 Å². The number of aromatic nitrogens is 2. The van der Waals surface area contributed by atoms with Gasteiger partial charge in [0, 0.05) is 22.9 Å². The van der Waals surface area contributed by atoms with Crippen LogP contribution in [0.2, 0.25) is 0 Å². The van der Waals surface area contributed by atoms with Crippen LogP contribution in [0.4, 0.5) is 0 Å². The zero-order chi connectivity index (χ0) is 36.6. The van der Waals surface area contributed by atoms with Crippen LogP contribution in [-0.2, 0) is 36.2 Å². The highest BCUT2D eigenvalue weighted by atomic mass is 32.2. The number of benzene rings is 5. The van der Waals surface area contributed by atoms with Crippen LogP contribution in [-0.4, -0.2) is 54.5 Å². The van der Waals surface area contributed by atoms with Gasteiger partial charge in [0.05, 0.1) is 28.3 Å². The first-order valence-electron chi connectivity index (χ1n) is 15.3. The Hall–Kier alpha value is -5.41. The first-order valence-corrected chi connectivity index (χ1v) is 20.2. The minimum absolute atomic E-state index is 0.0655. The van der Waals surface area contributed by atoms with E-state index in [0.717, 1.165) is 6.26 Å². The number of sulfonamides is 1. The highest BCUT2D eigenvalue weighted by Crippen LogP contribution is 2.39. The molecule has 0 radical (unpaired) electrons. The van der Waals surface area contributed by atoms with Crippen molar-refractivity contribution in [2.75, 3.05) is 13.4 Å². The standard InChI is InChI=1S/C37H31N3O8S3/c1-48-37-31(24-41)40(36(39-37)26-14-7-4-8-15-26)23-28-21-20-27(22-34(28)49(2,42)43)29-16-9-10-18-32(29)50(44,45)33-19-11-17-30(35(33)51(38,46)47)25-12-5-3-6-13-25/h3-22,24H,23H2,1-2H3,(H2,38,46,47). The van der Waals surface area contributed by atoms with E-state index in [0.29, 0.717) is 28.8 Å². The fraction of sp³-hybridized carbons (Fsp3) is 0.0811. The summed E-state index contributed by atoms with van der Waals surface area (Å²) >= 11 is 0. The molecule has 260 valence electrons. The van der Waals surface area contributed by atoms with Gasteiger partial charge in [-0.3, -0.25) is 4.79 Å². The lowest BCUT2D eigenvalue weighted by atomic mass is 10.0. The summed E-state index contributed by atoms with van der Waals surface area (Å²) in [6, 6.07) is 31.9. The number of ether oxygens (including phenoxy) is 1. The maximum absolute atomic E-state index is 14.4. The van der Waals surface area contributed by atoms with Gasteiger partial charge in [-0.15, -0.1) is 0 Å². The van der Waals surface area contributed by atoms with Crippen molar-refractivity contribution in [3.63, 3.8) is 0 Å². The number of nitrogens with two attached hydrogens (primary N) is 1. The third-order valence-electron chi connectivity index (χ3n) is 8.23. The van der Waals surface area contributed by atoms with Crippen LogP contribution in [0.5, 0.6) is 5.88 Å². The van der Waals surface area contributed by atoms with Gasteiger partial charge in [-0.2, -0.15) is 4.98 Å². The molecule has 0 saturated carbocycles. The average Bonchev–Trinajstić information content (AvgIpc) is 3.48. The van der Waals surface area contributed by atoms with E-state index in [1.807, 2.05) is 6.07 Å². The summed E-state index contributed by atoms with van der Waals surface area (Å²) in [4.78, 5) is 15.3. The molecule has 6 rings (SSSR count). The second-order valence-electron chi connectivity index (χ2n) is 11.5. The highest BCUT2D eigenvalue weighted by molar-refractivity contribution is 7.93. The molecule has 51 heavy (non-hydrogen) atoms. The van der Waals surface area contributed by atoms with Crippen molar-refractivity contribution in [2.24, 2.45) is 5.14 Å². The number of methoxy groups -OCH3 is 1. The normalized spacial score (nSPS) is 12.1. The lowest BCUT2D eigenvalue weighted by molar-refractivity contribution is 0.111. The molecule has 0 aliphatic rings. The van der Waals surface area contributed by atoms with Gasteiger partial charge in [0.2, 0.25) is 25.7 Å². The molecule has 0 fully saturated rings. The van der Waals surface area contributed by atoms with Crippen LogP contribution >= 0.6 is 0 Å². The molecule has 6 aromatic rings. The van der Waals surface area contributed by atoms with Gasteiger partial charge < -0.3 is 9.30 Å². The summed E-state index contributed by atoms with van der Waals surface area (Å²) in [7, 11) is -11.7. The second-order valence-corrected chi connectivity index (χ2v) is 16.9. The summed E-state index contributed by atoms with van der Waals surface area (Å²) < 4.78 is 88.5. The number of nitrogens with zero attached hydrogens (tertiary/aromatic N) is 2. The van der Waals surface area contributed by atoms with E-state index in [2.05, 4.69) is 4.98 Å². The lowest BCUT2D eigenvalue weighted by Crippen LogP contribution is -2.18. The van der Waals surface area contributed by atoms with E-state index >= 15 is 0 Å². The topological polar surface area (TPSA) is 173 Å². The Morgan fingerprint density at radius 3 is 1.88 bits per heavy atom. The number of primary sulfonamides is 1. The van der Waals surface area contributed by atoms with Crippen LogP contribution in [0.25, 0.3) is 33.6 Å². The molecule has 0 aliphatic heterocycles. The highest BCUT2D eigenvalue weighted by Gasteiger charge is 2.31. The van der Waals surface area contributed by atoms with Crippen molar-refractivity contribution >= 4 is 36.0 Å². The summed E-state index contributed by atoms with van der Waals surface area (Å²) in [5, 5.41) is 5.65. The largest absolute Gasteiger partial charge is 0.479 e. The van der Waals surface area contributed by atoms with E-state index < -0.39 is 39.5 Å². The molecule has 5 aromatic carbocycles. The maximum Gasteiger partial charge on any atom is 0.243 e. The first kappa shape index (κ1) is 35.4. The molecular formula is C37H31N3O8S3. The van der Waals surface area contributed by atoms with Crippen molar-refractivity contribution in [3.05, 3.63) is 133 Å². The molecule has 11 nitrogen and oxygen atoms in total. The van der Waals surface area contributed by atoms with E-state index in [1.165, 1.54) is 55.6 Å². The summed E-state index contributed by atoms with van der Waals surface area (Å²) in [5.41, 5.74) is 1.98. The lowest BCUT2D eigenvalue weighted by Gasteiger charge is -2.17. The minimum atomic E-state index is -4.59. The molecule has 1 aromatic heterocycles. The number of imidazole rings is 1. The van der Waals surface area contributed by atoms with Gasteiger partial charge in [0.15, 0.2) is 16.1 Å². The van der Waals surface area contributed by atoms with Crippen LogP contribution in [0.15, 0.2) is 141 Å². The van der Waals surface area contributed by atoms with E-state index in [-0.39, 0.29) is 44.6 Å². The van der Waals surface area contributed by atoms with Crippen molar-refractivity contribution in [1.82, 2.24) is 9.55 Å². The first-order chi connectivity index (χ1) is 24.3. The number of carbonyl (C=O) groups excluding carboxylic acids is 1. The minimum Gasteiger partial charge on any atom is -0.479 e. The number of carbonyl (C=O) groups is 1. The van der Waals surface area contributed by atoms with Gasteiger partial charge in [-0.05, 0) is 34.9 Å². The number of hydrogen-bond acceptors (Lipinski definition) is 9. The molecule has 0 saturated heterocycles. The Labute approximate surface area is 295 Å². The fourth-order valence-corrected chi connectivity index (χ4v) is 10.0. The smallest absolute Gasteiger partial charge is 0.243 e. The van der Waals surface area contributed by atoms with Gasteiger partial charge in [0.1, 0.15) is 16.4 Å². The third kappa shape index (κ3) is 6.86. The van der Waals surface area contributed by atoms with Crippen molar-refractivity contribution in [2.45, 2.75) is 26.1 Å². The Bertz CT molecular complexity index is 2620. The Balaban J connectivity index is 1.52. The van der Waals surface area contributed by atoms with Crippen LogP contribution in [0.1, 0.15) is 16.1 Å². The van der Waals surface area contributed by atoms with E-state index in [9.17, 15) is 30.0 Å². The van der Waals surface area contributed by atoms with Crippen molar-refractivity contribution < 1.29 is 34.8 Å². The second kappa shape index (κ2) is 13.7. The van der Waals surface area contributed by atoms with Gasteiger partial charge in [-0.25, -0.2) is 30.4 Å². The van der Waals surface area contributed by atoms with Crippen LogP contribution in [0, 0.1) is 0 Å². The summed E-state index contributed by atoms with van der Waals surface area (Å²) in [5.74, 6) is 0.439. The van der Waals surface area contributed by atoms with Crippen molar-refractivity contribution in [3.8, 4) is 39.5 Å². The average molecular weight is 742 g/mol. The van der Waals surface area contributed by atoms with Gasteiger partial charge >= 0.3 is 0 Å². The molecule has 0 aliphatic carbocycles. The molecule has 2 N–H and O–H groups in total. The number of sulfone groups is 2. The Kier molecular flexibility index (Phi) is 9.53. The zero-order valence-electron chi connectivity index (χ0n) is 27.3. The van der Waals surface area contributed by atoms with Crippen molar-refractivity contribution in [1.29, 1.82) is 0 Å². The SMILES string of the molecule is COc1nc(-c2ccccc2)n(Cc2ccc(-c3ccccc3S(=O)(=O)c3cccc(-c4ccccc4)c3S(N)(=O)=O)cc2S(C)(=O)=O)c1C=O. The van der Waals surface area contributed by atoms with Gasteiger partial charge in [0.25, 0.3) is 0 Å². The molecule has 14 heteroatoms. The molecule has 0 unspecified atom stereocenters. The Morgan fingerprint density at radius 2 is 1.27 bits per heavy atom. The van der Waals surface area contributed by atoms with Crippen LogP contribution < -0.4 is 9.88 Å². The van der Waals surface area contributed by atoms with Crippen LogP contribution in [0.3, 0.4) is 0 Å². The maximum atomic E-state index is 14.4. The number of hydrogen-bond donors (Lipinski definition) is 1. The Morgan fingerprint density at radius 1 is 0.686 bits per heavy atom. The predicted molar refractivity (Wildman–Crippen MR) is 192 cm³/mol. The predicted octanol–water partition coefficient (Wildman–Crippen LogP) is 5.64. The molecule has 0 atom stereocenters. The quantitative estimate of drug-likeness (QED) is 0.165. The summed E-state index contributed by atoms with van der Waals surface area (Å²) in [6.07, 6.45) is 1.61. The molecule has 1 heterocycles. The molecule has 0 amide bonds. The molecular weight excluding hydrogens is 711 g/mol. The number of aldehydes is 1. The number of rotatable bonds is 11. The molecule has 0 spiro atoms. The molecule has 0 bridgehead atoms. The van der Waals surface area contributed by atoms with Gasteiger partial charge in [-0.1, -0.05) is 103 Å². The monoisotopic (exact) mass is 741 g/mol. The van der Waals surface area contributed by atoms with E-state index in [1.54, 1.807) is 71.3 Å². The fourth-order valence-electron chi connectivity index (χ4n) is 5.97. The zero-order valence-corrected chi connectivity index (χ0v) is 29.7.